The third kappa shape index (κ3) is 2.85. The van der Waals surface area contributed by atoms with E-state index >= 15 is 0 Å². The van der Waals surface area contributed by atoms with Crippen molar-refractivity contribution in [3.05, 3.63) is 57.9 Å². The number of benzene rings is 2. The van der Waals surface area contributed by atoms with Gasteiger partial charge in [0, 0.05) is 24.0 Å². The number of hydrogen-bond donors (Lipinski definition) is 1. The fraction of sp³-hybridized carbons (Fsp3) is 0.238. The van der Waals surface area contributed by atoms with Gasteiger partial charge in [-0.25, -0.2) is 4.39 Å². The Labute approximate surface area is 168 Å². The first-order chi connectivity index (χ1) is 14.5. The van der Waals surface area contributed by atoms with Crippen LogP contribution < -0.4 is 25.0 Å². The number of ether oxygens (including phenoxy) is 3. The molecule has 0 bridgehead atoms. The van der Waals surface area contributed by atoms with Crippen molar-refractivity contribution in [3.63, 3.8) is 0 Å². The van der Waals surface area contributed by atoms with E-state index in [1.165, 1.54) is 13.3 Å². The lowest BCUT2D eigenvalue weighted by Gasteiger charge is -2.16. The highest BCUT2D eigenvalue weighted by Gasteiger charge is 2.30. The molecule has 0 radical (unpaired) electrons. The Hall–Kier alpha value is -3.62. The Bertz CT molecular complexity index is 1270. The first-order valence-electron chi connectivity index (χ1n) is 9.29. The lowest BCUT2D eigenvalue weighted by Crippen LogP contribution is -2.24. The first-order valence-corrected chi connectivity index (χ1v) is 9.29. The van der Waals surface area contributed by atoms with Gasteiger partial charge in [-0.05, 0) is 31.0 Å². The summed E-state index contributed by atoms with van der Waals surface area (Å²) in [6.45, 7) is 0.0907. The minimum atomic E-state index is -1.22. The molecule has 2 heterocycles. The van der Waals surface area contributed by atoms with Crippen LogP contribution in [0.15, 0.2) is 35.3 Å². The van der Waals surface area contributed by atoms with E-state index in [9.17, 15) is 18.4 Å². The molecule has 1 fully saturated rings. The summed E-state index contributed by atoms with van der Waals surface area (Å²) in [6.07, 6.45) is 2.97. The minimum Gasteiger partial charge on any atom is -0.491 e. The average Bonchev–Trinajstić information content (AvgIpc) is 3.47. The molecule has 1 aliphatic heterocycles. The lowest BCUT2D eigenvalue weighted by molar-refractivity contribution is 0.102. The maximum Gasteiger partial charge on any atom is 0.261 e. The van der Waals surface area contributed by atoms with Crippen molar-refractivity contribution in [1.29, 1.82) is 0 Å². The quantitative estimate of drug-likeness (QED) is 0.706. The van der Waals surface area contributed by atoms with Crippen LogP contribution in [0, 0.1) is 11.6 Å². The van der Waals surface area contributed by atoms with E-state index < -0.39 is 23.0 Å². The summed E-state index contributed by atoms with van der Waals surface area (Å²) < 4.78 is 45.6. The average molecular weight is 414 g/mol. The van der Waals surface area contributed by atoms with E-state index in [0.717, 1.165) is 18.9 Å². The number of amides is 1. The van der Waals surface area contributed by atoms with E-state index in [1.54, 1.807) is 22.8 Å². The Balaban J connectivity index is 1.62. The molecule has 1 saturated carbocycles. The van der Waals surface area contributed by atoms with Crippen LogP contribution in [-0.2, 0) is 0 Å². The van der Waals surface area contributed by atoms with Gasteiger partial charge in [0.25, 0.3) is 5.91 Å². The molecule has 0 spiro atoms. The topological polar surface area (TPSA) is 78.8 Å². The highest BCUT2D eigenvalue weighted by atomic mass is 19.2. The molecule has 5 rings (SSSR count). The number of pyridine rings is 1. The summed E-state index contributed by atoms with van der Waals surface area (Å²) in [5.41, 5.74) is -0.342. The zero-order valence-electron chi connectivity index (χ0n) is 15.8. The third-order valence-corrected chi connectivity index (χ3v) is 5.19. The van der Waals surface area contributed by atoms with Crippen LogP contribution in [0.25, 0.3) is 10.9 Å². The van der Waals surface area contributed by atoms with Gasteiger partial charge in [0.05, 0.1) is 18.0 Å². The second-order valence-corrected chi connectivity index (χ2v) is 7.13. The number of fused-ring (bicyclic) bond motifs is 2. The number of carbonyl (C=O) groups is 1. The van der Waals surface area contributed by atoms with Crippen LogP contribution >= 0.6 is 0 Å². The zero-order valence-corrected chi connectivity index (χ0v) is 15.8. The predicted octanol–water partition coefficient (Wildman–Crippen LogP) is 3.60. The van der Waals surface area contributed by atoms with Gasteiger partial charge in [-0.15, -0.1) is 0 Å². The summed E-state index contributed by atoms with van der Waals surface area (Å²) >= 11 is 0. The molecule has 3 aromatic rings. The molecule has 2 aliphatic rings. The molecular formula is C21H16F2N2O5. The minimum absolute atomic E-state index is 0.0241. The summed E-state index contributed by atoms with van der Waals surface area (Å²) in [5.74, 6) is -2.37. The molecule has 0 unspecified atom stereocenters. The maximum absolute atomic E-state index is 14.3. The summed E-state index contributed by atoms with van der Waals surface area (Å²) in [4.78, 5) is 25.9. The van der Waals surface area contributed by atoms with Crippen molar-refractivity contribution in [2.24, 2.45) is 0 Å². The number of nitrogens with one attached hydrogen (secondary N) is 1. The largest absolute Gasteiger partial charge is 0.491 e. The van der Waals surface area contributed by atoms with E-state index in [0.29, 0.717) is 17.2 Å². The number of hydrogen-bond acceptors (Lipinski definition) is 5. The van der Waals surface area contributed by atoms with E-state index in [1.807, 2.05) is 0 Å². The third-order valence-electron chi connectivity index (χ3n) is 5.19. The molecule has 154 valence electrons. The number of halogens is 2. The number of carbonyl (C=O) groups excluding carboxylic acids is 1. The Morgan fingerprint density at radius 2 is 1.97 bits per heavy atom. The molecular weight excluding hydrogens is 398 g/mol. The van der Waals surface area contributed by atoms with Crippen LogP contribution in [0.5, 0.6) is 17.2 Å². The number of methoxy groups -OCH3 is 1. The first kappa shape index (κ1) is 18.4. The number of anilines is 1. The van der Waals surface area contributed by atoms with Crippen molar-refractivity contribution in [2.75, 3.05) is 19.2 Å². The number of rotatable bonds is 4. The van der Waals surface area contributed by atoms with Gasteiger partial charge in [0.1, 0.15) is 5.56 Å². The Morgan fingerprint density at radius 1 is 1.20 bits per heavy atom. The zero-order chi connectivity index (χ0) is 21.0. The molecule has 9 heteroatoms. The SMILES string of the molecule is COc1c(F)c(F)cc2c(=O)c(C(=O)Nc3ccc4c(c3)OCO4)cn(C3CC3)c12. The summed E-state index contributed by atoms with van der Waals surface area (Å²) in [7, 11) is 1.21. The van der Waals surface area contributed by atoms with E-state index in [2.05, 4.69) is 5.32 Å². The van der Waals surface area contributed by atoms with Crippen molar-refractivity contribution in [1.82, 2.24) is 4.57 Å². The van der Waals surface area contributed by atoms with Gasteiger partial charge in [0.15, 0.2) is 23.1 Å². The van der Waals surface area contributed by atoms with Crippen LogP contribution in [0.2, 0.25) is 0 Å². The molecule has 1 aromatic heterocycles. The summed E-state index contributed by atoms with van der Waals surface area (Å²) in [6, 6.07) is 5.63. The second-order valence-electron chi connectivity index (χ2n) is 7.13. The fourth-order valence-electron chi connectivity index (χ4n) is 3.59. The van der Waals surface area contributed by atoms with Crippen LogP contribution in [0.3, 0.4) is 0 Å². The monoisotopic (exact) mass is 414 g/mol. The number of aromatic nitrogens is 1. The van der Waals surface area contributed by atoms with Gasteiger partial charge in [-0.2, -0.15) is 4.39 Å². The molecule has 1 amide bonds. The van der Waals surface area contributed by atoms with Gasteiger partial charge in [0.2, 0.25) is 18.0 Å². The molecule has 0 atom stereocenters. The standard InChI is InChI=1S/C21H16F2N2O5/c1-28-20-17(23)14(22)7-12-18(20)25(11-3-4-11)8-13(19(12)26)21(27)24-10-2-5-15-16(6-10)30-9-29-15/h2,5-8,11H,3-4,9H2,1H3,(H,24,27). The number of nitrogens with zero attached hydrogens (tertiary/aromatic N) is 1. The highest BCUT2D eigenvalue weighted by Crippen LogP contribution is 2.40. The molecule has 1 N–H and O–H groups in total. The van der Waals surface area contributed by atoms with Gasteiger partial charge in [-0.3, -0.25) is 9.59 Å². The Kier molecular flexibility index (Phi) is 4.12. The van der Waals surface area contributed by atoms with Crippen molar-refractivity contribution >= 4 is 22.5 Å². The van der Waals surface area contributed by atoms with Crippen LogP contribution in [0.1, 0.15) is 29.2 Å². The van der Waals surface area contributed by atoms with Crippen LogP contribution in [0.4, 0.5) is 14.5 Å². The van der Waals surface area contributed by atoms with E-state index in [-0.39, 0.29) is 35.1 Å². The van der Waals surface area contributed by atoms with Crippen molar-refractivity contribution < 1.29 is 27.8 Å². The maximum atomic E-state index is 14.3. The summed E-state index contributed by atoms with van der Waals surface area (Å²) in [5, 5.41) is 2.53. The van der Waals surface area contributed by atoms with Gasteiger partial charge < -0.3 is 24.1 Å². The molecule has 0 saturated heterocycles. The highest BCUT2D eigenvalue weighted by molar-refractivity contribution is 6.06. The molecule has 2 aromatic carbocycles. The van der Waals surface area contributed by atoms with Crippen LogP contribution in [-0.4, -0.2) is 24.4 Å². The van der Waals surface area contributed by atoms with Crippen molar-refractivity contribution in [2.45, 2.75) is 18.9 Å². The predicted molar refractivity (Wildman–Crippen MR) is 103 cm³/mol. The van der Waals surface area contributed by atoms with E-state index in [4.69, 9.17) is 14.2 Å². The molecule has 1 aliphatic carbocycles. The second kappa shape index (κ2) is 6.72. The molecule has 30 heavy (non-hydrogen) atoms. The molecule has 7 nitrogen and oxygen atoms in total. The Morgan fingerprint density at radius 3 is 2.70 bits per heavy atom. The van der Waals surface area contributed by atoms with Gasteiger partial charge in [-0.1, -0.05) is 0 Å². The fourth-order valence-corrected chi connectivity index (χ4v) is 3.59. The smallest absolute Gasteiger partial charge is 0.261 e. The van der Waals surface area contributed by atoms with Gasteiger partial charge >= 0.3 is 0 Å². The van der Waals surface area contributed by atoms with Crippen molar-refractivity contribution in [3.8, 4) is 17.2 Å². The normalized spacial score (nSPS) is 14.8. The lowest BCUT2D eigenvalue weighted by atomic mass is 10.1.